The molecular weight excluding hydrogens is 636 g/mol. The molecule has 4 aromatic rings. The molecule has 2 heterocycles. The van der Waals surface area contributed by atoms with Crippen molar-refractivity contribution in [3.05, 3.63) is 78.0 Å². The van der Waals surface area contributed by atoms with Crippen LogP contribution in [0.2, 0.25) is 0 Å². The fraction of sp³-hybridized carbons (Fsp3) is 0.333. The Labute approximate surface area is 281 Å². The van der Waals surface area contributed by atoms with E-state index in [0.717, 1.165) is 32.0 Å². The Hall–Kier alpha value is -5.30. The zero-order chi connectivity index (χ0) is 34.7. The molecular formula is C36H37F2N5O6. The van der Waals surface area contributed by atoms with Crippen LogP contribution in [0.5, 0.6) is 23.0 Å². The molecule has 1 aliphatic carbocycles. The fourth-order valence-electron chi connectivity index (χ4n) is 5.75. The summed E-state index contributed by atoms with van der Waals surface area (Å²) in [6.45, 7) is 3.42. The fourth-order valence-corrected chi connectivity index (χ4v) is 5.75. The number of fused-ring (bicyclic) bond motifs is 1. The maximum absolute atomic E-state index is 15.3. The second kappa shape index (κ2) is 14.0. The zero-order valence-electron chi connectivity index (χ0n) is 27.4. The van der Waals surface area contributed by atoms with Crippen molar-refractivity contribution >= 4 is 40.0 Å². The van der Waals surface area contributed by atoms with E-state index in [-0.39, 0.29) is 29.1 Å². The number of likely N-dealkylation sites (N-methyl/N-ethyl adjacent to an activating group) is 1. The molecule has 256 valence electrons. The van der Waals surface area contributed by atoms with Crippen molar-refractivity contribution in [3.8, 4) is 23.0 Å². The van der Waals surface area contributed by atoms with Crippen LogP contribution in [0.1, 0.15) is 31.2 Å². The van der Waals surface area contributed by atoms with E-state index in [1.807, 2.05) is 0 Å². The van der Waals surface area contributed by atoms with E-state index >= 15 is 4.39 Å². The van der Waals surface area contributed by atoms with Gasteiger partial charge >= 0.3 is 0 Å². The first-order valence-corrected chi connectivity index (χ1v) is 16.0. The summed E-state index contributed by atoms with van der Waals surface area (Å²) in [4.78, 5) is 44.3. The standard InChI is InChI=1S/C36H37F2N5O6/c1-21-4-5-22(16-26(21)37)41-34(45)36(11-12-36)35(46)42-23-6-7-30(27(38)17-23)49-29-8-13-40-28-19-32(31(47-3)18-25(28)29)48-24-9-14-43(15-10-24)20-33(44)39-2/h4-8,13,16-19,24H,9-12,14-15,20H2,1-3H3,(H,39,44)(H,41,45)(H,42,46). The van der Waals surface area contributed by atoms with E-state index in [4.69, 9.17) is 14.2 Å². The minimum Gasteiger partial charge on any atom is -0.493 e. The lowest BCUT2D eigenvalue weighted by Gasteiger charge is -2.31. The summed E-state index contributed by atoms with van der Waals surface area (Å²) in [7, 11) is 3.15. The largest absolute Gasteiger partial charge is 0.493 e. The average molecular weight is 674 g/mol. The predicted molar refractivity (Wildman–Crippen MR) is 179 cm³/mol. The van der Waals surface area contributed by atoms with Crippen molar-refractivity contribution in [3.63, 3.8) is 0 Å². The number of hydrogen-bond acceptors (Lipinski definition) is 8. The van der Waals surface area contributed by atoms with Crippen LogP contribution in [0.15, 0.2) is 60.8 Å². The molecule has 49 heavy (non-hydrogen) atoms. The number of nitrogens with zero attached hydrogens (tertiary/aromatic N) is 2. The van der Waals surface area contributed by atoms with Gasteiger partial charge in [0.25, 0.3) is 0 Å². The Morgan fingerprint density at radius 1 is 0.878 bits per heavy atom. The van der Waals surface area contributed by atoms with Crippen molar-refractivity contribution in [2.75, 3.05) is 44.4 Å². The molecule has 0 spiro atoms. The van der Waals surface area contributed by atoms with Crippen LogP contribution < -0.4 is 30.2 Å². The van der Waals surface area contributed by atoms with E-state index in [1.54, 1.807) is 50.5 Å². The molecule has 0 unspecified atom stereocenters. The third-order valence-electron chi connectivity index (χ3n) is 8.92. The third kappa shape index (κ3) is 7.41. The van der Waals surface area contributed by atoms with Crippen LogP contribution in [-0.2, 0) is 14.4 Å². The number of anilines is 2. The number of aromatic nitrogens is 1. The first-order chi connectivity index (χ1) is 23.6. The van der Waals surface area contributed by atoms with E-state index in [0.29, 0.717) is 53.1 Å². The van der Waals surface area contributed by atoms with Gasteiger partial charge in [-0.05, 0) is 74.6 Å². The number of benzene rings is 3. The van der Waals surface area contributed by atoms with Crippen molar-refractivity contribution in [1.29, 1.82) is 0 Å². The van der Waals surface area contributed by atoms with Crippen molar-refractivity contribution < 1.29 is 37.4 Å². The van der Waals surface area contributed by atoms with Gasteiger partial charge in [0, 0.05) is 55.2 Å². The molecule has 0 atom stereocenters. The van der Waals surface area contributed by atoms with E-state index < -0.39 is 28.9 Å². The molecule has 2 aliphatic rings. The maximum atomic E-state index is 15.3. The molecule has 1 saturated heterocycles. The SMILES string of the molecule is CNC(=O)CN1CCC(Oc2cc3nccc(Oc4ccc(NC(=O)C5(C(=O)Nc6ccc(C)c(F)c6)CC5)cc4F)c3cc2OC)CC1. The lowest BCUT2D eigenvalue weighted by Crippen LogP contribution is -2.43. The first-order valence-electron chi connectivity index (χ1n) is 16.0. The Morgan fingerprint density at radius 3 is 2.16 bits per heavy atom. The number of hydrogen-bond donors (Lipinski definition) is 3. The highest BCUT2D eigenvalue weighted by molar-refractivity contribution is 6.16. The van der Waals surface area contributed by atoms with Crippen molar-refractivity contribution in [1.82, 2.24) is 15.2 Å². The molecule has 1 aliphatic heterocycles. The van der Waals surface area contributed by atoms with Gasteiger partial charge in [-0.1, -0.05) is 6.07 Å². The number of piperidine rings is 1. The van der Waals surface area contributed by atoms with Gasteiger partial charge in [0.1, 0.15) is 23.1 Å². The van der Waals surface area contributed by atoms with Gasteiger partial charge in [0.2, 0.25) is 17.7 Å². The van der Waals surface area contributed by atoms with Crippen LogP contribution in [-0.4, -0.2) is 67.5 Å². The lowest BCUT2D eigenvalue weighted by atomic mass is 10.0. The van der Waals surface area contributed by atoms with Gasteiger partial charge in [-0.2, -0.15) is 0 Å². The van der Waals surface area contributed by atoms with Crippen LogP contribution >= 0.6 is 0 Å². The zero-order valence-corrected chi connectivity index (χ0v) is 27.4. The number of pyridine rings is 1. The van der Waals surface area contributed by atoms with Crippen LogP contribution in [0.25, 0.3) is 10.9 Å². The van der Waals surface area contributed by atoms with Crippen LogP contribution in [0.3, 0.4) is 0 Å². The second-order valence-corrected chi connectivity index (χ2v) is 12.3. The monoisotopic (exact) mass is 673 g/mol. The number of likely N-dealkylation sites (tertiary alicyclic amines) is 1. The highest BCUT2D eigenvalue weighted by atomic mass is 19.1. The number of carbonyl (C=O) groups is 3. The predicted octanol–water partition coefficient (Wildman–Crippen LogP) is 5.57. The Morgan fingerprint density at radius 2 is 1.55 bits per heavy atom. The molecule has 3 aromatic carbocycles. The van der Waals surface area contributed by atoms with E-state index in [9.17, 15) is 18.8 Å². The van der Waals surface area contributed by atoms with E-state index in [2.05, 4.69) is 25.8 Å². The van der Waals surface area contributed by atoms with Gasteiger partial charge in [-0.3, -0.25) is 24.3 Å². The van der Waals surface area contributed by atoms with Gasteiger partial charge in [-0.15, -0.1) is 0 Å². The third-order valence-corrected chi connectivity index (χ3v) is 8.92. The minimum atomic E-state index is -1.32. The van der Waals surface area contributed by atoms with Gasteiger partial charge in [-0.25, -0.2) is 8.78 Å². The number of nitrogens with one attached hydrogen (secondary N) is 3. The number of methoxy groups -OCH3 is 1. The molecule has 3 N–H and O–H groups in total. The normalized spacial score (nSPS) is 15.7. The molecule has 0 radical (unpaired) electrons. The minimum absolute atomic E-state index is 0.0233. The van der Waals surface area contributed by atoms with E-state index in [1.165, 1.54) is 25.3 Å². The quantitative estimate of drug-likeness (QED) is 0.176. The number of carbonyl (C=O) groups excluding carboxylic acids is 3. The number of rotatable bonds is 11. The highest BCUT2D eigenvalue weighted by Crippen LogP contribution is 2.48. The second-order valence-electron chi connectivity index (χ2n) is 12.3. The molecule has 13 heteroatoms. The van der Waals surface area contributed by atoms with Crippen LogP contribution in [0, 0.1) is 24.0 Å². The molecule has 11 nitrogen and oxygen atoms in total. The summed E-state index contributed by atoms with van der Waals surface area (Å²) < 4.78 is 47.2. The molecule has 6 rings (SSSR count). The van der Waals surface area contributed by atoms with Crippen molar-refractivity contribution in [2.45, 2.75) is 38.7 Å². The maximum Gasteiger partial charge on any atom is 0.240 e. The molecule has 1 saturated carbocycles. The Bertz CT molecular complexity index is 1910. The van der Waals surface area contributed by atoms with Gasteiger partial charge in [0.05, 0.1) is 19.2 Å². The summed E-state index contributed by atoms with van der Waals surface area (Å²) in [6, 6.07) is 13.4. The molecule has 3 amide bonds. The first kappa shape index (κ1) is 33.6. The number of aryl methyl sites for hydroxylation is 1. The van der Waals surface area contributed by atoms with Gasteiger partial charge in [0.15, 0.2) is 23.1 Å². The smallest absolute Gasteiger partial charge is 0.240 e. The summed E-state index contributed by atoms with van der Waals surface area (Å²) in [5.41, 5.74) is 0.0654. The Balaban J connectivity index is 1.12. The molecule has 1 aromatic heterocycles. The number of amides is 3. The summed E-state index contributed by atoms with van der Waals surface area (Å²) >= 11 is 0. The topological polar surface area (TPSA) is 131 Å². The molecule has 2 fully saturated rings. The highest BCUT2D eigenvalue weighted by Gasteiger charge is 2.56. The Kier molecular flexibility index (Phi) is 9.63. The summed E-state index contributed by atoms with van der Waals surface area (Å²) in [5.74, 6) is -1.14. The van der Waals surface area contributed by atoms with Crippen molar-refractivity contribution in [2.24, 2.45) is 5.41 Å². The molecule has 0 bridgehead atoms. The average Bonchev–Trinajstić information content (AvgIpc) is 3.91. The number of halogens is 2. The lowest BCUT2D eigenvalue weighted by molar-refractivity contribution is -0.131. The summed E-state index contributed by atoms with van der Waals surface area (Å²) in [6.07, 6.45) is 3.59. The van der Waals surface area contributed by atoms with Crippen LogP contribution in [0.4, 0.5) is 20.2 Å². The number of ether oxygens (including phenoxy) is 3. The van der Waals surface area contributed by atoms with Gasteiger partial charge < -0.3 is 30.2 Å². The summed E-state index contributed by atoms with van der Waals surface area (Å²) in [5, 5.41) is 8.46.